The fraction of sp³-hybridized carbons (Fsp3) is 0.286. The van der Waals surface area contributed by atoms with E-state index in [1.807, 2.05) is 6.07 Å². The third-order valence-electron chi connectivity index (χ3n) is 5.72. The van der Waals surface area contributed by atoms with Gasteiger partial charge in [0.25, 0.3) is 0 Å². The summed E-state index contributed by atoms with van der Waals surface area (Å²) in [5.74, 6) is 1.65. The Hall–Kier alpha value is -2.08. The molecule has 0 heterocycles. The van der Waals surface area contributed by atoms with E-state index in [9.17, 15) is 0 Å². The van der Waals surface area contributed by atoms with E-state index in [-0.39, 0.29) is 6.79 Å². The molecule has 4 aromatic rings. The Morgan fingerprint density at radius 1 is 0.667 bits per heavy atom. The van der Waals surface area contributed by atoms with E-state index in [4.69, 9.17) is 14.2 Å². The Balaban J connectivity index is 1.93. The minimum Gasteiger partial charge on any atom is -0.493 e. The predicted octanol–water partition coefficient (Wildman–Crippen LogP) is 9.13. The average molecular weight is 572 g/mol. The van der Waals surface area contributed by atoms with E-state index in [1.54, 1.807) is 7.11 Å². The van der Waals surface area contributed by atoms with Crippen LogP contribution in [0.15, 0.2) is 69.6 Å². The van der Waals surface area contributed by atoms with Gasteiger partial charge in [0.15, 0.2) is 6.79 Å². The molecule has 0 unspecified atom stereocenters. The van der Waals surface area contributed by atoms with Gasteiger partial charge in [0, 0.05) is 27.2 Å². The van der Waals surface area contributed by atoms with Crippen molar-refractivity contribution in [3.63, 3.8) is 0 Å². The van der Waals surface area contributed by atoms with Crippen LogP contribution in [0.2, 0.25) is 0 Å². The summed E-state index contributed by atoms with van der Waals surface area (Å²) in [5, 5.41) is 4.51. The number of hydrogen-bond donors (Lipinski definition) is 0. The molecule has 0 spiro atoms. The maximum Gasteiger partial charge on any atom is 0.188 e. The maximum atomic E-state index is 6.40. The maximum absolute atomic E-state index is 6.40. The molecule has 0 atom stereocenters. The van der Waals surface area contributed by atoms with Gasteiger partial charge < -0.3 is 14.2 Å². The van der Waals surface area contributed by atoms with E-state index < -0.39 is 0 Å². The number of halogens is 2. The van der Waals surface area contributed by atoms with Crippen molar-refractivity contribution in [1.29, 1.82) is 0 Å². The van der Waals surface area contributed by atoms with Gasteiger partial charge in [-0.3, -0.25) is 0 Å². The van der Waals surface area contributed by atoms with Crippen LogP contribution in [0.1, 0.15) is 32.6 Å². The largest absolute Gasteiger partial charge is 0.493 e. The molecule has 33 heavy (non-hydrogen) atoms. The number of methoxy groups -OCH3 is 1. The number of benzene rings is 4. The van der Waals surface area contributed by atoms with Gasteiger partial charge in [0.1, 0.15) is 11.5 Å². The fourth-order valence-electron chi connectivity index (χ4n) is 4.15. The van der Waals surface area contributed by atoms with Crippen LogP contribution < -0.4 is 9.47 Å². The SMILES string of the molecule is CCCCCCOc1ccc2cc(Br)ccc2c1-c1c(OCOC)ccc2cc(Br)ccc12. The van der Waals surface area contributed by atoms with Crippen LogP contribution in [-0.2, 0) is 4.74 Å². The first-order valence-electron chi connectivity index (χ1n) is 11.3. The summed E-state index contributed by atoms with van der Waals surface area (Å²) in [6, 6.07) is 21.0. The van der Waals surface area contributed by atoms with Gasteiger partial charge in [-0.15, -0.1) is 0 Å². The second-order valence-electron chi connectivity index (χ2n) is 8.07. The zero-order valence-electron chi connectivity index (χ0n) is 19.0. The van der Waals surface area contributed by atoms with E-state index in [1.165, 1.54) is 19.3 Å². The summed E-state index contributed by atoms with van der Waals surface area (Å²) in [7, 11) is 1.64. The number of fused-ring (bicyclic) bond motifs is 2. The van der Waals surface area contributed by atoms with Crippen molar-refractivity contribution in [3.05, 3.63) is 69.6 Å². The minimum absolute atomic E-state index is 0.179. The quantitative estimate of drug-likeness (QED) is 0.140. The van der Waals surface area contributed by atoms with Crippen LogP contribution in [0, 0.1) is 0 Å². The summed E-state index contributed by atoms with van der Waals surface area (Å²) in [5.41, 5.74) is 2.07. The number of unbranched alkanes of at least 4 members (excludes halogenated alkanes) is 3. The van der Waals surface area contributed by atoms with Crippen LogP contribution in [0.4, 0.5) is 0 Å². The second kappa shape index (κ2) is 11.4. The summed E-state index contributed by atoms with van der Waals surface area (Å²) in [6.07, 6.45) is 4.66. The fourth-order valence-corrected chi connectivity index (χ4v) is 4.91. The van der Waals surface area contributed by atoms with Crippen molar-refractivity contribution in [2.24, 2.45) is 0 Å². The van der Waals surface area contributed by atoms with E-state index in [0.717, 1.165) is 59.5 Å². The highest BCUT2D eigenvalue weighted by Crippen LogP contribution is 2.46. The van der Waals surface area contributed by atoms with Crippen molar-refractivity contribution in [1.82, 2.24) is 0 Å². The van der Waals surface area contributed by atoms with Crippen LogP contribution in [0.5, 0.6) is 11.5 Å². The molecule has 0 fully saturated rings. The van der Waals surface area contributed by atoms with Gasteiger partial charge in [-0.05, 0) is 64.4 Å². The molecule has 0 amide bonds. The first kappa shape index (κ1) is 24.1. The zero-order chi connectivity index (χ0) is 23.2. The molecule has 0 aliphatic rings. The van der Waals surface area contributed by atoms with Crippen molar-refractivity contribution in [3.8, 4) is 22.6 Å². The molecule has 0 aliphatic heterocycles. The van der Waals surface area contributed by atoms with Gasteiger partial charge >= 0.3 is 0 Å². The molecule has 5 heteroatoms. The van der Waals surface area contributed by atoms with E-state index >= 15 is 0 Å². The number of rotatable bonds is 10. The first-order valence-corrected chi connectivity index (χ1v) is 12.9. The third-order valence-corrected chi connectivity index (χ3v) is 6.71. The number of ether oxygens (including phenoxy) is 3. The minimum atomic E-state index is 0.179. The molecule has 0 saturated carbocycles. The summed E-state index contributed by atoms with van der Waals surface area (Å²) < 4.78 is 19.8. The van der Waals surface area contributed by atoms with E-state index in [0.29, 0.717) is 6.61 Å². The highest BCUT2D eigenvalue weighted by atomic mass is 79.9. The van der Waals surface area contributed by atoms with Gasteiger partial charge in [-0.25, -0.2) is 0 Å². The van der Waals surface area contributed by atoms with Crippen molar-refractivity contribution in [2.75, 3.05) is 20.5 Å². The molecular weight excluding hydrogens is 544 g/mol. The van der Waals surface area contributed by atoms with Gasteiger partial charge in [-0.1, -0.05) is 82.3 Å². The molecule has 4 rings (SSSR count). The summed E-state index contributed by atoms with van der Waals surface area (Å²) >= 11 is 7.23. The van der Waals surface area contributed by atoms with Crippen LogP contribution in [0.25, 0.3) is 32.7 Å². The second-order valence-corrected chi connectivity index (χ2v) is 9.90. The predicted molar refractivity (Wildman–Crippen MR) is 144 cm³/mol. The van der Waals surface area contributed by atoms with Crippen LogP contribution in [-0.4, -0.2) is 20.5 Å². The molecule has 0 radical (unpaired) electrons. The smallest absolute Gasteiger partial charge is 0.188 e. The molecule has 0 bridgehead atoms. The molecule has 172 valence electrons. The molecule has 3 nitrogen and oxygen atoms in total. The molecular formula is C28H28Br2O3. The molecule has 0 N–H and O–H groups in total. The Bertz CT molecular complexity index is 1250. The van der Waals surface area contributed by atoms with Crippen molar-refractivity contribution in [2.45, 2.75) is 32.6 Å². The highest BCUT2D eigenvalue weighted by molar-refractivity contribution is 9.10. The van der Waals surface area contributed by atoms with Crippen molar-refractivity contribution >= 4 is 53.4 Å². The molecule has 0 aromatic heterocycles. The lowest BCUT2D eigenvalue weighted by molar-refractivity contribution is 0.0516. The van der Waals surface area contributed by atoms with Gasteiger partial charge in [0.2, 0.25) is 0 Å². The van der Waals surface area contributed by atoms with Crippen LogP contribution in [0.3, 0.4) is 0 Å². The monoisotopic (exact) mass is 570 g/mol. The lowest BCUT2D eigenvalue weighted by Gasteiger charge is -2.20. The lowest BCUT2D eigenvalue weighted by Crippen LogP contribution is -2.03. The summed E-state index contributed by atoms with van der Waals surface area (Å²) in [6.45, 7) is 3.10. The Kier molecular flexibility index (Phi) is 8.29. The standard InChI is InChI=1S/C28H28Br2O3/c1-3-4-5-6-15-32-25-13-7-19-16-21(29)9-11-23(19)27(25)28-24-12-10-22(30)17-20(24)8-14-26(28)33-18-31-2/h7-14,16-17H,3-6,15,18H2,1-2H3. The normalized spacial score (nSPS) is 11.3. The first-order chi connectivity index (χ1) is 16.1. The topological polar surface area (TPSA) is 27.7 Å². The van der Waals surface area contributed by atoms with Gasteiger partial charge in [0.05, 0.1) is 6.61 Å². The Morgan fingerprint density at radius 2 is 1.24 bits per heavy atom. The highest BCUT2D eigenvalue weighted by Gasteiger charge is 2.19. The Morgan fingerprint density at radius 3 is 1.79 bits per heavy atom. The van der Waals surface area contributed by atoms with Crippen LogP contribution >= 0.6 is 31.9 Å². The lowest BCUT2D eigenvalue weighted by atomic mass is 9.92. The number of hydrogen-bond acceptors (Lipinski definition) is 3. The van der Waals surface area contributed by atoms with Gasteiger partial charge in [-0.2, -0.15) is 0 Å². The average Bonchev–Trinajstić information content (AvgIpc) is 2.82. The molecule has 0 aliphatic carbocycles. The Labute approximate surface area is 212 Å². The van der Waals surface area contributed by atoms with E-state index in [2.05, 4.69) is 93.4 Å². The third kappa shape index (κ3) is 5.53. The van der Waals surface area contributed by atoms with Crippen molar-refractivity contribution < 1.29 is 14.2 Å². The molecule has 0 saturated heterocycles. The summed E-state index contributed by atoms with van der Waals surface area (Å²) in [4.78, 5) is 0. The molecule has 4 aromatic carbocycles. The zero-order valence-corrected chi connectivity index (χ0v) is 22.2.